The Hall–Kier alpha value is -6.25. The molecule has 64 heavy (non-hydrogen) atoms. The van der Waals surface area contributed by atoms with E-state index in [1.807, 2.05) is 0 Å². The van der Waals surface area contributed by atoms with E-state index >= 15 is 0 Å². The highest BCUT2D eigenvalue weighted by atomic mass is 16.4. The molecule has 0 aliphatic heterocycles. The predicted octanol–water partition coefficient (Wildman–Crippen LogP) is -5.82. The summed E-state index contributed by atoms with van der Waals surface area (Å²) in [6.07, 6.45) is 2.30. The van der Waals surface area contributed by atoms with Crippen molar-refractivity contribution in [3.8, 4) is 0 Å². The van der Waals surface area contributed by atoms with Crippen LogP contribution in [0.3, 0.4) is 0 Å². The molecule has 8 atom stereocenters. The number of carbonyl (C=O) groups is 10. The van der Waals surface area contributed by atoms with Gasteiger partial charge in [-0.3, -0.25) is 43.2 Å². The van der Waals surface area contributed by atoms with E-state index in [-0.39, 0.29) is 25.3 Å². The molecule has 26 heteroatoms. The zero-order valence-corrected chi connectivity index (χ0v) is 36.5. The first-order valence-corrected chi connectivity index (χ1v) is 20.5. The van der Waals surface area contributed by atoms with Crippen molar-refractivity contribution in [1.82, 2.24) is 52.5 Å². The van der Waals surface area contributed by atoms with Crippen LogP contribution in [-0.4, -0.2) is 164 Å². The molecule has 0 saturated heterocycles. The normalized spacial score (nSPS) is 14.9. The Kier molecular flexibility index (Phi) is 24.8. The van der Waals surface area contributed by atoms with Crippen LogP contribution in [0.4, 0.5) is 0 Å². The van der Waals surface area contributed by atoms with Crippen LogP contribution < -0.4 is 54.0 Å². The van der Waals surface area contributed by atoms with Crippen LogP contribution in [-0.2, 0) is 54.4 Å². The van der Waals surface area contributed by atoms with Gasteiger partial charge in [-0.25, -0.2) is 9.78 Å². The number of unbranched alkanes of at least 4 members (excludes halogenated alkanes) is 1. The van der Waals surface area contributed by atoms with E-state index in [0.717, 1.165) is 0 Å². The third-order valence-corrected chi connectivity index (χ3v) is 9.55. The standard InChI is InChI=1S/C38H64N12O14/c1-18(2)29(40)36(61)48-25(15-51)35(60)46-23(9-10-28(54)55)32(57)44-20(5)31(56)47-24(12-21-13-41-17-43-21)34(59)50-30(19(3)4)37(62)42-14-27(53)45-22(8-6-7-11-39)33(58)49-26(16-52)38(63)64/h13,17-20,22-26,29-30,51-52H,6-12,14-16,39-40H2,1-5H3,(H,41,43)(H,42,62)(H,44,57)(H,45,53)(H,46,60)(H,47,56)(H,48,61)(H,49,58)(H,50,59)(H,54,55)(H,63,64)/t20-,22-,23-,24-,25-,26-,29-,30-/m0/s1. The highest BCUT2D eigenvalue weighted by molar-refractivity contribution is 5.97. The number of carboxylic acid groups (broad SMARTS) is 2. The number of nitrogens with zero attached hydrogens (tertiary/aromatic N) is 1. The zero-order valence-electron chi connectivity index (χ0n) is 36.5. The van der Waals surface area contributed by atoms with Crippen molar-refractivity contribution < 1.29 is 68.4 Å². The van der Waals surface area contributed by atoms with Crippen molar-refractivity contribution in [2.24, 2.45) is 23.3 Å². The number of imidazole rings is 1. The number of rotatable bonds is 30. The topological polar surface area (TPSA) is 429 Å². The summed E-state index contributed by atoms with van der Waals surface area (Å²) in [6.45, 7) is 5.50. The van der Waals surface area contributed by atoms with Gasteiger partial charge in [-0.2, -0.15) is 0 Å². The van der Waals surface area contributed by atoms with Crippen LogP contribution in [0.5, 0.6) is 0 Å². The molecule has 0 fully saturated rings. The van der Waals surface area contributed by atoms with Crippen LogP contribution >= 0.6 is 0 Å². The maximum absolute atomic E-state index is 13.8. The maximum Gasteiger partial charge on any atom is 0.328 e. The monoisotopic (exact) mass is 912 g/mol. The Morgan fingerprint density at radius 3 is 1.72 bits per heavy atom. The molecule has 8 amide bonds. The average Bonchev–Trinajstić information content (AvgIpc) is 3.75. The highest BCUT2D eigenvalue weighted by Gasteiger charge is 2.34. The lowest BCUT2D eigenvalue weighted by atomic mass is 10.0. The minimum Gasteiger partial charge on any atom is -0.481 e. The van der Waals surface area contributed by atoms with Gasteiger partial charge in [-0.15, -0.1) is 0 Å². The van der Waals surface area contributed by atoms with Crippen molar-refractivity contribution in [3.05, 3.63) is 18.2 Å². The first-order valence-electron chi connectivity index (χ1n) is 20.5. The molecule has 1 rings (SSSR count). The summed E-state index contributed by atoms with van der Waals surface area (Å²) in [7, 11) is 0. The number of aromatic nitrogens is 2. The van der Waals surface area contributed by atoms with E-state index in [1.165, 1.54) is 19.4 Å². The summed E-state index contributed by atoms with van der Waals surface area (Å²) in [5.41, 5.74) is 11.7. The van der Waals surface area contributed by atoms with Crippen molar-refractivity contribution in [2.75, 3.05) is 26.3 Å². The lowest BCUT2D eigenvalue weighted by Gasteiger charge is -2.27. The van der Waals surface area contributed by atoms with Gasteiger partial charge in [-0.05, 0) is 51.0 Å². The molecule has 0 spiro atoms. The Bertz CT molecular complexity index is 1750. The summed E-state index contributed by atoms with van der Waals surface area (Å²) in [5, 5.41) is 56.4. The molecule has 1 aromatic rings. The van der Waals surface area contributed by atoms with Crippen molar-refractivity contribution in [2.45, 2.75) is 121 Å². The summed E-state index contributed by atoms with van der Waals surface area (Å²) in [6, 6.07) is -11.2. The molecule has 360 valence electrons. The highest BCUT2D eigenvalue weighted by Crippen LogP contribution is 2.08. The fraction of sp³-hybridized carbons (Fsp3) is 0.658. The van der Waals surface area contributed by atoms with Crippen LogP contribution in [0, 0.1) is 11.8 Å². The molecular formula is C38H64N12O14. The minimum absolute atomic E-state index is 0.0549. The quantitative estimate of drug-likeness (QED) is 0.0320. The maximum atomic E-state index is 13.8. The van der Waals surface area contributed by atoms with E-state index in [2.05, 4.69) is 52.5 Å². The number of aliphatic carboxylic acids is 2. The fourth-order valence-corrected chi connectivity index (χ4v) is 5.61. The fourth-order valence-electron chi connectivity index (χ4n) is 5.61. The van der Waals surface area contributed by atoms with Gasteiger partial charge in [0, 0.05) is 24.7 Å². The van der Waals surface area contributed by atoms with Gasteiger partial charge >= 0.3 is 11.9 Å². The Balaban J connectivity index is 3.14. The molecule has 0 bridgehead atoms. The van der Waals surface area contributed by atoms with Gasteiger partial charge in [0.25, 0.3) is 0 Å². The van der Waals surface area contributed by atoms with E-state index in [0.29, 0.717) is 18.5 Å². The molecule has 26 nitrogen and oxygen atoms in total. The van der Waals surface area contributed by atoms with Crippen molar-refractivity contribution in [1.29, 1.82) is 0 Å². The molecule has 0 aromatic carbocycles. The second kappa shape index (κ2) is 28.4. The number of carboxylic acids is 2. The molecule has 17 N–H and O–H groups in total. The van der Waals surface area contributed by atoms with Crippen molar-refractivity contribution in [3.63, 3.8) is 0 Å². The van der Waals surface area contributed by atoms with E-state index in [4.69, 9.17) is 11.5 Å². The Morgan fingerprint density at radius 1 is 0.641 bits per heavy atom. The number of H-pyrrole nitrogens is 1. The van der Waals surface area contributed by atoms with Gasteiger partial charge < -0.3 is 79.4 Å². The molecular weight excluding hydrogens is 848 g/mol. The molecule has 0 aliphatic carbocycles. The van der Waals surface area contributed by atoms with E-state index in [9.17, 15) is 68.4 Å². The summed E-state index contributed by atoms with van der Waals surface area (Å²) >= 11 is 0. The largest absolute Gasteiger partial charge is 0.481 e. The number of hydrogen-bond donors (Lipinski definition) is 15. The van der Waals surface area contributed by atoms with Gasteiger partial charge in [0.05, 0.1) is 32.1 Å². The summed E-state index contributed by atoms with van der Waals surface area (Å²) in [5.74, 6) is -11.0. The van der Waals surface area contributed by atoms with Gasteiger partial charge in [0.1, 0.15) is 42.3 Å². The van der Waals surface area contributed by atoms with Crippen LogP contribution in [0.1, 0.15) is 72.4 Å². The summed E-state index contributed by atoms with van der Waals surface area (Å²) in [4.78, 5) is 134. The molecule has 0 saturated carbocycles. The SMILES string of the molecule is CC(C)[C@H](N)C(=O)N[C@@H](CO)C(=O)N[C@@H](CCC(=O)O)C(=O)N[C@@H](C)C(=O)N[C@@H](Cc1cnc[nH]1)C(=O)N[C@H](C(=O)NCC(=O)N[C@@H](CCCCN)C(=O)N[C@@H](CO)C(=O)O)C(C)C. The number of aliphatic hydroxyl groups excluding tert-OH is 2. The van der Waals surface area contributed by atoms with Gasteiger partial charge in [0.2, 0.25) is 47.3 Å². The Morgan fingerprint density at radius 2 is 1.19 bits per heavy atom. The number of nitrogens with one attached hydrogen (secondary N) is 9. The number of carbonyl (C=O) groups excluding carboxylic acids is 8. The third-order valence-electron chi connectivity index (χ3n) is 9.55. The van der Waals surface area contributed by atoms with Gasteiger partial charge in [-0.1, -0.05) is 27.7 Å². The average molecular weight is 913 g/mol. The van der Waals surface area contributed by atoms with Crippen LogP contribution in [0.15, 0.2) is 12.5 Å². The van der Waals surface area contributed by atoms with Crippen LogP contribution in [0.25, 0.3) is 0 Å². The molecule has 0 unspecified atom stereocenters. The number of amides is 8. The Labute approximate surface area is 369 Å². The first-order chi connectivity index (χ1) is 30.1. The molecule has 0 aliphatic rings. The first kappa shape index (κ1) is 55.8. The predicted molar refractivity (Wildman–Crippen MR) is 224 cm³/mol. The molecule has 1 heterocycles. The van der Waals surface area contributed by atoms with Gasteiger partial charge in [0.15, 0.2) is 0 Å². The minimum atomic E-state index is -1.63. The number of aliphatic hydroxyl groups is 2. The second-order valence-electron chi connectivity index (χ2n) is 15.5. The van der Waals surface area contributed by atoms with E-state index < -0.39 is 146 Å². The zero-order chi connectivity index (χ0) is 48.7. The lowest BCUT2D eigenvalue weighted by molar-refractivity contribution is -0.143. The lowest BCUT2D eigenvalue weighted by Crippen LogP contribution is -2.60. The second-order valence-corrected chi connectivity index (χ2v) is 15.5. The molecule has 1 aromatic heterocycles. The van der Waals surface area contributed by atoms with Crippen LogP contribution in [0.2, 0.25) is 0 Å². The third kappa shape index (κ3) is 19.9. The number of nitrogens with two attached hydrogens (primary N) is 2. The summed E-state index contributed by atoms with van der Waals surface area (Å²) < 4.78 is 0. The molecule has 0 radical (unpaired) electrons. The number of aromatic amines is 1. The smallest absolute Gasteiger partial charge is 0.328 e. The number of hydrogen-bond acceptors (Lipinski definition) is 15. The van der Waals surface area contributed by atoms with E-state index in [1.54, 1.807) is 27.7 Å². The van der Waals surface area contributed by atoms with Crippen molar-refractivity contribution >= 4 is 59.2 Å².